The zero-order valence-electron chi connectivity index (χ0n) is 14.8. The summed E-state index contributed by atoms with van der Waals surface area (Å²) in [6.45, 7) is 2.07. The molecule has 0 aromatic carbocycles. The number of fused-ring (bicyclic) bond motifs is 3. The number of aryl methyl sites for hydroxylation is 1. The van der Waals surface area contributed by atoms with Gasteiger partial charge in [-0.3, -0.25) is 4.79 Å². The van der Waals surface area contributed by atoms with Gasteiger partial charge in [-0.1, -0.05) is 6.07 Å². The van der Waals surface area contributed by atoms with Crippen LogP contribution in [0.5, 0.6) is 0 Å². The van der Waals surface area contributed by atoms with Crippen LogP contribution in [0.1, 0.15) is 36.9 Å². The lowest BCUT2D eigenvalue weighted by atomic mass is 10.00. The van der Waals surface area contributed by atoms with Gasteiger partial charge in [0.25, 0.3) is 0 Å². The number of carbonyl (C=O) groups is 1. The highest BCUT2D eigenvalue weighted by Gasteiger charge is 2.33. The molecule has 0 radical (unpaired) electrons. The van der Waals surface area contributed by atoms with Crippen LogP contribution in [0.2, 0.25) is 0 Å². The molecule has 2 atom stereocenters. The van der Waals surface area contributed by atoms with Crippen LogP contribution >= 0.6 is 36.6 Å². The summed E-state index contributed by atoms with van der Waals surface area (Å²) < 4.78 is 2.05. The first kappa shape index (κ1) is 21.4. The molecule has 0 spiro atoms. The fourth-order valence-corrected chi connectivity index (χ4v) is 4.64. The molecular formula is C18H26Cl2N4OS. The number of aromatic nitrogens is 2. The maximum absolute atomic E-state index is 12.2. The molecule has 4 rings (SSSR count). The predicted octanol–water partition coefficient (Wildman–Crippen LogP) is 3.12. The van der Waals surface area contributed by atoms with Crippen molar-refractivity contribution in [2.75, 3.05) is 5.75 Å². The first-order chi connectivity index (χ1) is 11.7. The van der Waals surface area contributed by atoms with Crippen molar-refractivity contribution in [1.29, 1.82) is 0 Å². The fraction of sp³-hybridized carbons (Fsp3) is 0.556. The van der Waals surface area contributed by atoms with Crippen molar-refractivity contribution >= 4 is 48.1 Å². The molecule has 2 unspecified atom stereocenters. The lowest BCUT2D eigenvalue weighted by molar-refractivity contribution is -0.119. The van der Waals surface area contributed by atoms with Crippen LogP contribution < -0.4 is 10.6 Å². The largest absolute Gasteiger partial charge is 0.353 e. The zero-order chi connectivity index (χ0) is 16.5. The number of carbonyl (C=O) groups excluding carboxylic acids is 1. The number of hydrogen-bond acceptors (Lipinski definition) is 4. The molecule has 0 saturated carbocycles. The number of piperidine rings is 1. The number of rotatable bonds is 5. The second-order valence-electron chi connectivity index (χ2n) is 7.07. The summed E-state index contributed by atoms with van der Waals surface area (Å²) in [7, 11) is 0. The summed E-state index contributed by atoms with van der Waals surface area (Å²) in [5, 5.41) is 6.82. The number of amides is 1. The molecule has 1 amide bonds. The first-order valence-electron chi connectivity index (χ1n) is 8.73. The number of pyridine rings is 1. The molecule has 8 heteroatoms. The first-order valence-corrected chi connectivity index (χ1v) is 9.88. The number of thioether (sulfide) groups is 1. The molecular weight excluding hydrogens is 391 g/mol. The molecule has 5 nitrogen and oxygen atoms in total. The molecule has 2 aromatic heterocycles. The molecule has 2 aliphatic rings. The monoisotopic (exact) mass is 416 g/mol. The Hall–Kier alpha value is -0.950. The van der Waals surface area contributed by atoms with Gasteiger partial charge < -0.3 is 15.0 Å². The van der Waals surface area contributed by atoms with Crippen LogP contribution in [-0.2, 0) is 10.5 Å². The molecule has 2 bridgehead atoms. The third-order valence-electron chi connectivity index (χ3n) is 4.97. The summed E-state index contributed by atoms with van der Waals surface area (Å²) >= 11 is 1.64. The van der Waals surface area contributed by atoms with E-state index in [0.29, 0.717) is 23.9 Å². The summed E-state index contributed by atoms with van der Waals surface area (Å²) in [5.41, 5.74) is 3.21. The minimum Gasteiger partial charge on any atom is -0.353 e. The van der Waals surface area contributed by atoms with Gasteiger partial charge in [0.05, 0.1) is 11.4 Å². The smallest absolute Gasteiger partial charge is 0.230 e. The predicted molar refractivity (Wildman–Crippen MR) is 112 cm³/mol. The van der Waals surface area contributed by atoms with Crippen LogP contribution in [0, 0.1) is 6.92 Å². The highest BCUT2D eigenvalue weighted by molar-refractivity contribution is 7.99. The minimum absolute atomic E-state index is 0. The van der Waals surface area contributed by atoms with E-state index in [0.717, 1.165) is 29.9 Å². The molecule has 2 fully saturated rings. The van der Waals surface area contributed by atoms with Crippen molar-refractivity contribution in [2.24, 2.45) is 0 Å². The van der Waals surface area contributed by atoms with E-state index in [1.54, 1.807) is 11.8 Å². The average Bonchev–Trinajstić information content (AvgIpc) is 3.09. The Morgan fingerprint density at radius 3 is 2.73 bits per heavy atom. The van der Waals surface area contributed by atoms with Crippen molar-refractivity contribution in [3.63, 3.8) is 0 Å². The molecule has 144 valence electrons. The molecule has 4 heterocycles. The van der Waals surface area contributed by atoms with Gasteiger partial charge >= 0.3 is 0 Å². The molecule has 2 N–H and O–H groups in total. The number of halogens is 2. The number of hydrogen-bond donors (Lipinski definition) is 2. The van der Waals surface area contributed by atoms with Crippen molar-refractivity contribution in [3.8, 4) is 0 Å². The van der Waals surface area contributed by atoms with Gasteiger partial charge in [-0.2, -0.15) is 0 Å². The van der Waals surface area contributed by atoms with Gasteiger partial charge in [0.15, 0.2) is 0 Å². The van der Waals surface area contributed by atoms with E-state index in [1.165, 1.54) is 18.4 Å². The third kappa shape index (κ3) is 5.06. The van der Waals surface area contributed by atoms with E-state index in [9.17, 15) is 4.79 Å². The highest BCUT2D eigenvalue weighted by atomic mass is 35.5. The van der Waals surface area contributed by atoms with E-state index < -0.39 is 0 Å². The van der Waals surface area contributed by atoms with E-state index in [1.807, 2.05) is 6.07 Å². The normalized spacial score (nSPS) is 24.0. The average molecular weight is 417 g/mol. The molecule has 2 saturated heterocycles. The maximum Gasteiger partial charge on any atom is 0.230 e. The lowest BCUT2D eigenvalue weighted by Crippen LogP contribution is -2.48. The second kappa shape index (κ2) is 9.31. The molecule has 26 heavy (non-hydrogen) atoms. The standard InChI is InChI=1S/C18H24N4OS.2ClH/c1-12-2-5-17-20-16(9-22(17)8-12)10-24-11-18(23)21-15-6-13-3-4-14(7-15)19-13;;/h2,5,8-9,13-15,19H,3-4,6-7,10-11H2,1H3,(H,21,23);2*1H. The van der Waals surface area contributed by atoms with E-state index >= 15 is 0 Å². The Morgan fingerprint density at radius 2 is 2.00 bits per heavy atom. The van der Waals surface area contributed by atoms with Crippen LogP contribution in [-0.4, -0.2) is 39.2 Å². The summed E-state index contributed by atoms with van der Waals surface area (Å²) in [5.74, 6) is 1.43. The van der Waals surface area contributed by atoms with E-state index in [-0.39, 0.29) is 30.7 Å². The Labute approximate surface area is 170 Å². The Balaban J connectivity index is 0.00000121. The third-order valence-corrected chi connectivity index (χ3v) is 5.94. The maximum atomic E-state index is 12.2. The van der Waals surface area contributed by atoms with E-state index in [2.05, 4.69) is 45.4 Å². The quantitative estimate of drug-likeness (QED) is 0.785. The van der Waals surface area contributed by atoms with Gasteiger partial charge in [-0.15, -0.1) is 36.6 Å². The van der Waals surface area contributed by atoms with Crippen molar-refractivity contribution in [1.82, 2.24) is 20.0 Å². The van der Waals surface area contributed by atoms with Gasteiger partial charge in [0.2, 0.25) is 5.91 Å². The van der Waals surface area contributed by atoms with Crippen LogP contribution in [0.4, 0.5) is 0 Å². The van der Waals surface area contributed by atoms with Crippen LogP contribution in [0.25, 0.3) is 5.65 Å². The van der Waals surface area contributed by atoms with Gasteiger partial charge in [0.1, 0.15) is 5.65 Å². The second-order valence-corrected chi connectivity index (χ2v) is 8.06. The molecule has 2 aromatic rings. The van der Waals surface area contributed by atoms with Gasteiger partial charge in [-0.25, -0.2) is 4.98 Å². The van der Waals surface area contributed by atoms with Crippen LogP contribution in [0.15, 0.2) is 24.5 Å². The van der Waals surface area contributed by atoms with Crippen LogP contribution in [0.3, 0.4) is 0 Å². The Bertz CT molecular complexity index is 742. The summed E-state index contributed by atoms with van der Waals surface area (Å²) in [6, 6.07) is 5.68. The summed E-state index contributed by atoms with van der Waals surface area (Å²) in [6.07, 6.45) is 8.82. The van der Waals surface area contributed by atoms with Crippen molar-refractivity contribution in [2.45, 2.75) is 56.5 Å². The Morgan fingerprint density at radius 1 is 1.27 bits per heavy atom. The van der Waals surface area contributed by atoms with Crippen molar-refractivity contribution < 1.29 is 4.79 Å². The SMILES string of the molecule is Cc1ccc2nc(CSCC(=O)NC3CC4CCC(C3)N4)cn2c1.Cl.Cl. The van der Waals surface area contributed by atoms with Crippen molar-refractivity contribution in [3.05, 3.63) is 35.8 Å². The Kier molecular flexibility index (Phi) is 7.64. The van der Waals surface area contributed by atoms with E-state index in [4.69, 9.17) is 0 Å². The summed E-state index contributed by atoms with van der Waals surface area (Å²) in [4.78, 5) is 16.8. The minimum atomic E-state index is 0. The zero-order valence-corrected chi connectivity index (χ0v) is 17.3. The lowest BCUT2D eigenvalue weighted by Gasteiger charge is -2.29. The molecule has 2 aliphatic heterocycles. The number of imidazole rings is 1. The highest BCUT2D eigenvalue weighted by Crippen LogP contribution is 2.26. The van der Waals surface area contributed by atoms with Gasteiger partial charge in [-0.05, 0) is 44.2 Å². The fourth-order valence-electron chi connectivity index (χ4n) is 3.92. The topological polar surface area (TPSA) is 58.4 Å². The van der Waals surface area contributed by atoms with Gasteiger partial charge in [0, 0.05) is 36.3 Å². The number of nitrogens with one attached hydrogen (secondary N) is 2. The molecule has 0 aliphatic carbocycles. The number of nitrogens with zero attached hydrogens (tertiary/aromatic N) is 2.